The number of benzene rings is 2. The largest absolute Gasteiger partial charge is 0.493 e. The normalized spacial score (nSPS) is 10.2. The molecule has 0 heterocycles. The molecule has 0 unspecified atom stereocenters. The van der Waals surface area contributed by atoms with Crippen LogP contribution < -0.4 is 20.3 Å². The van der Waals surface area contributed by atoms with Crippen molar-refractivity contribution >= 4 is 11.7 Å². The summed E-state index contributed by atoms with van der Waals surface area (Å²) in [5.74, 6) is 0.959. The van der Waals surface area contributed by atoms with Gasteiger partial charge in [0.05, 0.1) is 26.7 Å². The van der Waals surface area contributed by atoms with E-state index >= 15 is 0 Å². The van der Waals surface area contributed by atoms with Crippen LogP contribution in [0, 0.1) is 0 Å². The number of ether oxygens (including phenoxy) is 3. The monoisotopic (exact) mass is 344 g/mol. The van der Waals surface area contributed by atoms with Crippen LogP contribution in [0.2, 0.25) is 0 Å². The molecule has 0 spiro atoms. The van der Waals surface area contributed by atoms with Crippen LogP contribution in [-0.4, -0.2) is 26.3 Å². The summed E-state index contributed by atoms with van der Waals surface area (Å²) in [6.45, 7) is 3.00. The highest BCUT2D eigenvalue weighted by atomic mass is 16.5. The van der Waals surface area contributed by atoms with Crippen molar-refractivity contribution in [3.63, 3.8) is 0 Å². The number of anilines is 1. The van der Waals surface area contributed by atoms with Gasteiger partial charge in [0.25, 0.3) is 0 Å². The van der Waals surface area contributed by atoms with Gasteiger partial charge in [-0.25, -0.2) is 5.43 Å². The summed E-state index contributed by atoms with van der Waals surface area (Å²) in [7, 11) is 1.59. The summed E-state index contributed by atoms with van der Waals surface area (Å²) in [5, 5.41) is 0. The molecular formula is C19H24N2O4. The Morgan fingerprint density at radius 3 is 2.60 bits per heavy atom. The first-order chi connectivity index (χ1) is 12.2. The SMILES string of the molecule is CCOC(=O)CCOc1cc(CNNc2ccccc2)ccc1OC. The van der Waals surface area contributed by atoms with Gasteiger partial charge in [0.1, 0.15) is 0 Å². The van der Waals surface area contributed by atoms with E-state index in [4.69, 9.17) is 14.2 Å². The zero-order valence-corrected chi connectivity index (χ0v) is 14.6. The standard InChI is InChI=1S/C19H24N2O4/c1-3-24-19(22)11-12-25-18-13-15(9-10-17(18)23-2)14-20-21-16-7-5-4-6-8-16/h4-10,13,20-21H,3,11-12,14H2,1-2H3. The van der Waals surface area contributed by atoms with Gasteiger partial charge >= 0.3 is 5.97 Å². The fraction of sp³-hybridized carbons (Fsp3) is 0.316. The Bertz CT molecular complexity index is 662. The highest BCUT2D eigenvalue weighted by molar-refractivity contribution is 5.69. The number of hydrazine groups is 1. The van der Waals surface area contributed by atoms with E-state index in [1.165, 1.54) is 0 Å². The Balaban J connectivity index is 1.88. The van der Waals surface area contributed by atoms with E-state index in [0.29, 0.717) is 24.7 Å². The van der Waals surface area contributed by atoms with Gasteiger partial charge in [-0.05, 0) is 36.8 Å². The Hall–Kier alpha value is -2.73. The lowest BCUT2D eigenvalue weighted by Gasteiger charge is -2.13. The smallest absolute Gasteiger partial charge is 0.309 e. The molecule has 0 aliphatic carbocycles. The van der Waals surface area contributed by atoms with Gasteiger partial charge in [-0.1, -0.05) is 24.3 Å². The molecule has 0 aliphatic heterocycles. The Labute approximate surface area is 148 Å². The average molecular weight is 344 g/mol. The van der Waals surface area contributed by atoms with Crippen molar-refractivity contribution in [2.75, 3.05) is 25.7 Å². The molecule has 25 heavy (non-hydrogen) atoms. The van der Waals surface area contributed by atoms with Gasteiger partial charge in [-0.15, -0.1) is 0 Å². The predicted octanol–water partition coefficient (Wildman–Crippen LogP) is 3.14. The number of methoxy groups -OCH3 is 1. The molecule has 0 bridgehead atoms. The van der Waals surface area contributed by atoms with Crippen molar-refractivity contribution in [2.45, 2.75) is 19.9 Å². The van der Waals surface area contributed by atoms with E-state index in [0.717, 1.165) is 11.3 Å². The number of carbonyl (C=O) groups is 1. The van der Waals surface area contributed by atoms with Crippen LogP contribution in [0.1, 0.15) is 18.9 Å². The summed E-state index contributed by atoms with van der Waals surface area (Å²) in [6.07, 6.45) is 0.203. The minimum atomic E-state index is -0.272. The van der Waals surface area contributed by atoms with Gasteiger partial charge in [0.15, 0.2) is 11.5 Å². The lowest BCUT2D eigenvalue weighted by molar-refractivity contribution is -0.143. The molecule has 2 aromatic rings. The summed E-state index contributed by atoms with van der Waals surface area (Å²) < 4.78 is 15.9. The highest BCUT2D eigenvalue weighted by Crippen LogP contribution is 2.28. The zero-order valence-electron chi connectivity index (χ0n) is 14.6. The van der Waals surface area contributed by atoms with E-state index in [9.17, 15) is 4.79 Å². The number of para-hydroxylation sites is 1. The van der Waals surface area contributed by atoms with Gasteiger partial charge in [0, 0.05) is 12.2 Å². The maximum absolute atomic E-state index is 11.4. The number of rotatable bonds is 10. The van der Waals surface area contributed by atoms with Crippen molar-refractivity contribution in [1.29, 1.82) is 0 Å². The molecule has 2 rings (SSSR count). The molecule has 2 aromatic carbocycles. The number of hydrogen-bond donors (Lipinski definition) is 2. The van der Waals surface area contributed by atoms with E-state index < -0.39 is 0 Å². The van der Waals surface area contributed by atoms with Gasteiger partial charge in [-0.3, -0.25) is 4.79 Å². The van der Waals surface area contributed by atoms with Gasteiger partial charge < -0.3 is 19.6 Å². The topological polar surface area (TPSA) is 68.8 Å². The number of hydrogen-bond acceptors (Lipinski definition) is 6. The second-order valence-corrected chi connectivity index (χ2v) is 5.23. The molecule has 134 valence electrons. The van der Waals surface area contributed by atoms with Crippen LogP contribution in [0.3, 0.4) is 0 Å². The van der Waals surface area contributed by atoms with E-state index in [1.807, 2.05) is 48.5 Å². The third-order valence-electron chi connectivity index (χ3n) is 3.40. The number of nitrogens with one attached hydrogen (secondary N) is 2. The molecule has 0 saturated heterocycles. The Kier molecular flexibility index (Phi) is 7.59. The maximum Gasteiger partial charge on any atom is 0.309 e. The summed E-state index contributed by atoms with van der Waals surface area (Å²) in [5.41, 5.74) is 8.29. The third kappa shape index (κ3) is 6.35. The summed E-state index contributed by atoms with van der Waals surface area (Å²) >= 11 is 0. The molecule has 0 atom stereocenters. The minimum absolute atomic E-state index is 0.203. The minimum Gasteiger partial charge on any atom is -0.493 e. The quantitative estimate of drug-likeness (QED) is 0.510. The highest BCUT2D eigenvalue weighted by Gasteiger charge is 2.08. The van der Waals surface area contributed by atoms with E-state index in [-0.39, 0.29) is 19.0 Å². The van der Waals surface area contributed by atoms with Crippen LogP contribution in [0.4, 0.5) is 5.69 Å². The van der Waals surface area contributed by atoms with Crippen molar-refractivity contribution in [2.24, 2.45) is 0 Å². The lowest BCUT2D eigenvalue weighted by Crippen LogP contribution is -2.20. The van der Waals surface area contributed by atoms with E-state index in [1.54, 1.807) is 14.0 Å². The van der Waals surface area contributed by atoms with E-state index in [2.05, 4.69) is 10.9 Å². The second kappa shape index (κ2) is 10.2. The van der Waals surface area contributed by atoms with Crippen molar-refractivity contribution in [3.05, 3.63) is 54.1 Å². The van der Waals surface area contributed by atoms with Crippen molar-refractivity contribution in [1.82, 2.24) is 5.43 Å². The molecule has 6 heteroatoms. The predicted molar refractivity (Wildman–Crippen MR) is 96.6 cm³/mol. The van der Waals surface area contributed by atoms with Crippen molar-refractivity contribution < 1.29 is 19.0 Å². The summed E-state index contributed by atoms with van der Waals surface area (Å²) in [6, 6.07) is 15.5. The zero-order chi connectivity index (χ0) is 17.9. The fourth-order valence-corrected chi connectivity index (χ4v) is 2.19. The lowest BCUT2D eigenvalue weighted by atomic mass is 10.2. The first-order valence-corrected chi connectivity index (χ1v) is 8.22. The van der Waals surface area contributed by atoms with Crippen LogP contribution in [0.25, 0.3) is 0 Å². The molecule has 2 N–H and O–H groups in total. The molecular weight excluding hydrogens is 320 g/mol. The summed E-state index contributed by atoms with van der Waals surface area (Å²) in [4.78, 5) is 11.4. The molecule has 0 radical (unpaired) electrons. The average Bonchev–Trinajstić information content (AvgIpc) is 2.63. The number of esters is 1. The third-order valence-corrected chi connectivity index (χ3v) is 3.40. The first-order valence-electron chi connectivity index (χ1n) is 8.22. The molecule has 0 saturated carbocycles. The number of carbonyl (C=O) groups excluding carboxylic acids is 1. The van der Waals surface area contributed by atoms with Crippen LogP contribution in [-0.2, 0) is 16.1 Å². The van der Waals surface area contributed by atoms with Gasteiger partial charge in [0.2, 0.25) is 0 Å². The second-order valence-electron chi connectivity index (χ2n) is 5.23. The maximum atomic E-state index is 11.4. The van der Waals surface area contributed by atoms with Crippen molar-refractivity contribution in [3.8, 4) is 11.5 Å². The Morgan fingerprint density at radius 1 is 1.08 bits per heavy atom. The molecule has 0 aliphatic rings. The molecule has 0 fully saturated rings. The molecule has 0 aromatic heterocycles. The first kappa shape index (κ1) is 18.6. The van der Waals surface area contributed by atoms with Crippen LogP contribution in [0.5, 0.6) is 11.5 Å². The van der Waals surface area contributed by atoms with Crippen LogP contribution >= 0.6 is 0 Å². The Morgan fingerprint density at radius 2 is 1.88 bits per heavy atom. The molecule has 0 amide bonds. The molecule has 6 nitrogen and oxygen atoms in total. The van der Waals surface area contributed by atoms with Gasteiger partial charge in [-0.2, -0.15) is 0 Å². The van der Waals surface area contributed by atoms with Crippen LogP contribution in [0.15, 0.2) is 48.5 Å². The fourth-order valence-electron chi connectivity index (χ4n) is 2.19.